The Morgan fingerprint density at radius 2 is 1.93 bits per heavy atom. The highest BCUT2D eigenvalue weighted by Gasteiger charge is 2.18. The van der Waals surface area contributed by atoms with Crippen LogP contribution in [0.2, 0.25) is 0 Å². The number of benzene rings is 2. The third-order valence-corrected chi connectivity index (χ3v) is 5.44. The van der Waals surface area contributed by atoms with E-state index in [1.165, 1.54) is 49.6 Å². The van der Waals surface area contributed by atoms with Crippen LogP contribution in [0.15, 0.2) is 70.2 Å². The molecule has 0 saturated heterocycles. The van der Waals surface area contributed by atoms with E-state index in [-0.39, 0.29) is 34.2 Å². The molecule has 0 amide bonds. The van der Waals surface area contributed by atoms with Crippen molar-refractivity contribution in [3.63, 3.8) is 0 Å². The van der Waals surface area contributed by atoms with Crippen LogP contribution >= 0.6 is 0 Å². The van der Waals surface area contributed by atoms with Crippen molar-refractivity contribution in [2.24, 2.45) is 0 Å². The first-order chi connectivity index (χ1) is 13.8. The summed E-state index contributed by atoms with van der Waals surface area (Å²) in [5.41, 5.74) is 0.394. The van der Waals surface area contributed by atoms with Crippen LogP contribution in [-0.2, 0) is 16.6 Å². The van der Waals surface area contributed by atoms with Gasteiger partial charge >= 0.3 is 0 Å². The number of nitrogens with one attached hydrogen (secondary N) is 2. The quantitative estimate of drug-likeness (QED) is 0.326. The Hall–Kier alpha value is -3.50. The minimum absolute atomic E-state index is 0.00896. The van der Waals surface area contributed by atoms with E-state index < -0.39 is 14.9 Å². The van der Waals surface area contributed by atoms with Crippen LogP contribution in [-0.4, -0.2) is 19.1 Å². The van der Waals surface area contributed by atoms with Crippen LogP contribution in [0.5, 0.6) is 0 Å². The normalized spacial score (nSPS) is 11.2. The second kappa shape index (κ2) is 8.25. The lowest BCUT2D eigenvalue weighted by Gasteiger charge is -2.10. The first kappa shape index (κ1) is 20.2. The van der Waals surface area contributed by atoms with E-state index in [0.29, 0.717) is 11.4 Å². The highest BCUT2D eigenvalue weighted by Crippen LogP contribution is 2.29. The number of furan rings is 1. The monoisotopic (exact) mass is 415 g/mol. The van der Waals surface area contributed by atoms with Crippen molar-refractivity contribution < 1.29 is 22.6 Å². The van der Waals surface area contributed by atoms with Crippen LogP contribution in [0.4, 0.5) is 17.1 Å². The molecule has 0 aliphatic rings. The predicted molar refractivity (Wildman–Crippen MR) is 106 cm³/mol. The minimum atomic E-state index is -3.82. The molecule has 0 aliphatic carbocycles. The van der Waals surface area contributed by atoms with Gasteiger partial charge in [0.05, 0.1) is 22.6 Å². The summed E-state index contributed by atoms with van der Waals surface area (Å²) >= 11 is 0. The number of hydrogen-bond donors (Lipinski definition) is 2. The number of ketones is 1. The zero-order chi connectivity index (χ0) is 21.0. The van der Waals surface area contributed by atoms with E-state index in [1.54, 1.807) is 18.2 Å². The number of nitrogens with zero attached hydrogens (tertiary/aromatic N) is 1. The Labute approximate surface area is 166 Å². The van der Waals surface area contributed by atoms with Gasteiger partial charge in [0.25, 0.3) is 5.69 Å². The molecule has 0 saturated carbocycles. The largest absolute Gasteiger partial charge is 0.468 e. The fourth-order valence-electron chi connectivity index (χ4n) is 2.57. The Morgan fingerprint density at radius 1 is 1.14 bits per heavy atom. The molecule has 1 aromatic heterocycles. The van der Waals surface area contributed by atoms with E-state index in [9.17, 15) is 23.3 Å². The molecule has 0 bridgehead atoms. The van der Waals surface area contributed by atoms with E-state index >= 15 is 0 Å². The number of rotatable bonds is 8. The van der Waals surface area contributed by atoms with E-state index in [0.717, 1.165) is 0 Å². The number of Topliss-reactive ketones (excluding diaryl/α,β-unsaturated/α-hetero) is 1. The molecule has 10 heteroatoms. The Kier molecular flexibility index (Phi) is 5.76. The Morgan fingerprint density at radius 3 is 2.59 bits per heavy atom. The number of sulfonamides is 1. The SMILES string of the molecule is CC(=O)c1ccc(Nc2cccc(S(=O)(=O)NCc3ccco3)c2)c([N+](=O)[O-])c1. The van der Waals surface area contributed by atoms with Gasteiger partial charge in [-0.05, 0) is 49.4 Å². The van der Waals surface area contributed by atoms with Crippen molar-refractivity contribution in [2.75, 3.05) is 5.32 Å². The summed E-state index contributed by atoms with van der Waals surface area (Å²) < 4.78 is 32.5. The van der Waals surface area contributed by atoms with Gasteiger partial charge in [0.2, 0.25) is 10.0 Å². The van der Waals surface area contributed by atoms with Crippen LogP contribution in [0, 0.1) is 10.1 Å². The summed E-state index contributed by atoms with van der Waals surface area (Å²) in [5.74, 6) is 0.166. The second-order valence-corrected chi connectivity index (χ2v) is 7.87. The van der Waals surface area contributed by atoms with Crippen molar-refractivity contribution >= 4 is 32.9 Å². The van der Waals surface area contributed by atoms with Gasteiger partial charge in [-0.15, -0.1) is 0 Å². The molecule has 0 spiro atoms. The molecule has 9 nitrogen and oxygen atoms in total. The summed E-state index contributed by atoms with van der Waals surface area (Å²) in [4.78, 5) is 22.2. The van der Waals surface area contributed by atoms with Crippen LogP contribution in [0.1, 0.15) is 23.0 Å². The topological polar surface area (TPSA) is 132 Å². The lowest BCUT2D eigenvalue weighted by Crippen LogP contribution is -2.23. The lowest BCUT2D eigenvalue weighted by atomic mass is 10.1. The first-order valence-electron chi connectivity index (χ1n) is 8.45. The smallest absolute Gasteiger partial charge is 0.293 e. The molecule has 2 aromatic carbocycles. The number of carbonyl (C=O) groups excluding carboxylic acids is 1. The lowest BCUT2D eigenvalue weighted by molar-refractivity contribution is -0.383. The van der Waals surface area contributed by atoms with Crippen LogP contribution in [0.25, 0.3) is 0 Å². The minimum Gasteiger partial charge on any atom is -0.468 e. The maximum atomic E-state index is 12.5. The maximum Gasteiger partial charge on any atom is 0.293 e. The highest BCUT2D eigenvalue weighted by atomic mass is 32.2. The molecule has 0 aliphatic heterocycles. The summed E-state index contributed by atoms with van der Waals surface area (Å²) in [6.07, 6.45) is 1.44. The van der Waals surface area contributed by atoms with Crippen LogP contribution < -0.4 is 10.0 Å². The van der Waals surface area contributed by atoms with Gasteiger partial charge in [-0.1, -0.05) is 6.07 Å². The highest BCUT2D eigenvalue weighted by molar-refractivity contribution is 7.89. The van der Waals surface area contributed by atoms with Gasteiger partial charge in [-0.3, -0.25) is 14.9 Å². The molecule has 150 valence electrons. The fraction of sp³-hybridized carbons (Fsp3) is 0.105. The average Bonchev–Trinajstić information content (AvgIpc) is 3.20. The van der Waals surface area contributed by atoms with Gasteiger partial charge in [0, 0.05) is 17.3 Å². The van der Waals surface area contributed by atoms with E-state index in [2.05, 4.69) is 10.0 Å². The number of hydrogen-bond acceptors (Lipinski definition) is 7. The fourth-order valence-corrected chi connectivity index (χ4v) is 3.61. The summed E-state index contributed by atoms with van der Waals surface area (Å²) in [6.45, 7) is 1.31. The van der Waals surface area contributed by atoms with Gasteiger partial charge in [0.15, 0.2) is 5.78 Å². The predicted octanol–water partition coefficient (Wildman–Crippen LogP) is 3.61. The third kappa shape index (κ3) is 4.86. The molecule has 0 unspecified atom stereocenters. The molecular formula is C19H17N3O6S. The van der Waals surface area contributed by atoms with E-state index in [4.69, 9.17) is 4.42 Å². The molecule has 3 rings (SSSR count). The Bertz CT molecular complexity index is 1160. The molecular weight excluding hydrogens is 398 g/mol. The molecule has 2 N–H and O–H groups in total. The van der Waals surface area contributed by atoms with Crippen molar-refractivity contribution in [1.29, 1.82) is 0 Å². The molecule has 0 fully saturated rings. The molecule has 1 heterocycles. The maximum absolute atomic E-state index is 12.5. The average molecular weight is 415 g/mol. The second-order valence-electron chi connectivity index (χ2n) is 6.10. The summed E-state index contributed by atoms with van der Waals surface area (Å²) in [7, 11) is -3.82. The molecule has 0 radical (unpaired) electrons. The number of carbonyl (C=O) groups is 1. The summed E-state index contributed by atoms with van der Waals surface area (Å²) in [5, 5.41) is 14.2. The van der Waals surface area contributed by atoms with Gasteiger partial charge in [0.1, 0.15) is 11.4 Å². The first-order valence-corrected chi connectivity index (χ1v) is 9.93. The zero-order valence-electron chi connectivity index (χ0n) is 15.3. The third-order valence-electron chi connectivity index (χ3n) is 4.04. The molecule has 3 aromatic rings. The molecule has 0 atom stereocenters. The number of anilines is 2. The van der Waals surface area contributed by atoms with Gasteiger partial charge in [-0.2, -0.15) is 0 Å². The Balaban J connectivity index is 1.84. The van der Waals surface area contributed by atoms with Gasteiger partial charge in [-0.25, -0.2) is 13.1 Å². The van der Waals surface area contributed by atoms with Crippen molar-refractivity contribution in [1.82, 2.24) is 4.72 Å². The van der Waals surface area contributed by atoms with Crippen LogP contribution in [0.3, 0.4) is 0 Å². The number of nitro benzene ring substituents is 1. The zero-order valence-corrected chi connectivity index (χ0v) is 16.1. The van der Waals surface area contributed by atoms with Crippen molar-refractivity contribution in [3.8, 4) is 0 Å². The standard InChI is InChI=1S/C19H17N3O6S/c1-13(23)14-7-8-18(19(10-14)22(24)25)21-15-4-2-6-17(11-15)29(26,27)20-12-16-5-3-9-28-16/h2-11,20-21H,12H2,1H3. The van der Waals surface area contributed by atoms with Gasteiger partial charge < -0.3 is 9.73 Å². The summed E-state index contributed by atoms with van der Waals surface area (Å²) in [6, 6.07) is 13.2. The number of nitro groups is 1. The van der Waals surface area contributed by atoms with E-state index in [1.807, 2.05) is 0 Å². The van der Waals surface area contributed by atoms with Crippen molar-refractivity contribution in [3.05, 3.63) is 82.3 Å². The molecule has 29 heavy (non-hydrogen) atoms. The van der Waals surface area contributed by atoms with Crippen molar-refractivity contribution in [2.45, 2.75) is 18.4 Å².